The Hall–Kier alpha value is -0.960. The lowest BCUT2D eigenvalue weighted by Crippen LogP contribution is -2.46. The molecule has 136 valence electrons. The molecule has 2 rings (SSSR count). The molecule has 4 nitrogen and oxygen atoms in total. The van der Waals surface area contributed by atoms with E-state index in [2.05, 4.69) is 41.3 Å². The fraction of sp³-hybridized carbons (Fsp3) is 0.588. The third-order valence-corrected chi connectivity index (χ3v) is 4.37. The van der Waals surface area contributed by atoms with Crippen molar-refractivity contribution in [1.82, 2.24) is 15.5 Å². The number of nitrogens with one attached hydrogen (secondary N) is 2. The summed E-state index contributed by atoms with van der Waals surface area (Å²) in [5.41, 5.74) is 0.288. The molecule has 2 N–H and O–H groups in total. The summed E-state index contributed by atoms with van der Waals surface area (Å²) in [6.07, 6.45) is 0. The Kier molecular flexibility index (Phi) is 8.35. The Morgan fingerprint density at radius 1 is 1.33 bits per heavy atom. The van der Waals surface area contributed by atoms with E-state index >= 15 is 0 Å². The number of guanidine groups is 1. The van der Waals surface area contributed by atoms with Crippen LogP contribution >= 0.6 is 24.0 Å². The summed E-state index contributed by atoms with van der Waals surface area (Å²) in [5, 5.41) is 6.44. The maximum Gasteiger partial charge on any atom is 0.191 e. The maximum absolute atomic E-state index is 13.7. The molecule has 1 aromatic rings. The second-order valence-corrected chi connectivity index (χ2v) is 6.44. The lowest BCUT2D eigenvalue weighted by molar-refractivity contribution is 0.265. The van der Waals surface area contributed by atoms with E-state index in [4.69, 9.17) is 0 Å². The Morgan fingerprint density at radius 3 is 2.62 bits per heavy atom. The van der Waals surface area contributed by atoms with Crippen LogP contribution in [0.4, 0.5) is 8.78 Å². The Bertz CT molecular complexity index is 566. The molecule has 1 aliphatic rings. The fourth-order valence-electron chi connectivity index (χ4n) is 2.84. The van der Waals surface area contributed by atoms with Crippen molar-refractivity contribution in [2.45, 2.75) is 39.4 Å². The fourth-order valence-corrected chi connectivity index (χ4v) is 2.84. The molecule has 1 aromatic carbocycles. The third kappa shape index (κ3) is 5.54. The van der Waals surface area contributed by atoms with Crippen LogP contribution in [0.1, 0.15) is 26.3 Å². The molecule has 0 amide bonds. The van der Waals surface area contributed by atoms with Crippen molar-refractivity contribution < 1.29 is 8.78 Å². The van der Waals surface area contributed by atoms with Crippen LogP contribution in [0.2, 0.25) is 0 Å². The average molecular weight is 452 g/mol. The molecular weight excluding hydrogens is 425 g/mol. The van der Waals surface area contributed by atoms with E-state index in [1.54, 1.807) is 7.05 Å². The second-order valence-electron chi connectivity index (χ2n) is 6.44. The Morgan fingerprint density at radius 2 is 2.04 bits per heavy atom. The molecule has 0 radical (unpaired) electrons. The number of benzene rings is 1. The van der Waals surface area contributed by atoms with Crippen molar-refractivity contribution in [3.8, 4) is 0 Å². The van der Waals surface area contributed by atoms with Gasteiger partial charge in [0, 0.05) is 44.3 Å². The minimum absolute atomic E-state index is 0. The van der Waals surface area contributed by atoms with Crippen molar-refractivity contribution in [1.29, 1.82) is 0 Å². The summed E-state index contributed by atoms with van der Waals surface area (Å²) in [6.45, 7) is 8.78. The van der Waals surface area contributed by atoms with Gasteiger partial charge in [-0.1, -0.05) is 6.92 Å². The zero-order valence-electron chi connectivity index (χ0n) is 14.6. The van der Waals surface area contributed by atoms with Crippen molar-refractivity contribution >= 4 is 29.9 Å². The zero-order chi connectivity index (χ0) is 17.0. The molecule has 2 unspecified atom stereocenters. The van der Waals surface area contributed by atoms with Crippen LogP contribution in [0.3, 0.4) is 0 Å². The predicted octanol–water partition coefficient (Wildman–Crippen LogP) is 2.98. The number of aliphatic imine (C=N–C) groups is 1. The SMILES string of the molecule is CN=C(NCc1cc(F)ccc1F)NC1CN(C(C)C)CC1C.I. The number of hydrogen-bond donors (Lipinski definition) is 2. The van der Waals surface area contributed by atoms with E-state index in [9.17, 15) is 8.78 Å². The summed E-state index contributed by atoms with van der Waals surface area (Å²) < 4.78 is 26.9. The molecule has 1 aliphatic heterocycles. The first kappa shape index (κ1) is 21.1. The molecule has 7 heteroatoms. The number of nitrogens with zero attached hydrogens (tertiary/aromatic N) is 2. The molecule has 0 bridgehead atoms. The normalized spacial score (nSPS) is 21.7. The quantitative estimate of drug-likeness (QED) is 0.420. The highest BCUT2D eigenvalue weighted by Crippen LogP contribution is 2.18. The van der Waals surface area contributed by atoms with Crippen molar-refractivity contribution in [3.05, 3.63) is 35.4 Å². The standard InChI is InChI=1S/C17H26F2N4.HI/c1-11(2)23-9-12(3)16(10-23)22-17(20-4)21-8-13-7-14(18)5-6-15(13)19;/h5-7,11-12,16H,8-10H2,1-4H3,(H2,20,21,22);1H. The number of hydrogen-bond acceptors (Lipinski definition) is 2. The summed E-state index contributed by atoms with van der Waals surface area (Å²) in [7, 11) is 1.68. The first-order chi connectivity index (χ1) is 10.9. The van der Waals surface area contributed by atoms with Gasteiger partial charge in [-0.05, 0) is 38.0 Å². The van der Waals surface area contributed by atoms with Gasteiger partial charge in [0.15, 0.2) is 5.96 Å². The molecule has 2 atom stereocenters. The average Bonchev–Trinajstić information content (AvgIpc) is 2.88. The van der Waals surface area contributed by atoms with E-state index in [1.807, 2.05) is 0 Å². The molecule has 24 heavy (non-hydrogen) atoms. The predicted molar refractivity (Wildman–Crippen MR) is 105 cm³/mol. The van der Waals surface area contributed by atoms with Crippen molar-refractivity contribution in [3.63, 3.8) is 0 Å². The molecular formula is C17H27F2IN4. The number of rotatable bonds is 4. The zero-order valence-corrected chi connectivity index (χ0v) is 17.0. The van der Waals surface area contributed by atoms with Gasteiger partial charge in [0.2, 0.25) is 0 Å². The first-order valence-electron chi connectivity index (χ1n) is 8.06. The van der Waals surface area contributed by atoms with Gasteiger partial charge in [-0.15, -0.1) is 24.0 Å². The monoisotopic (exact) mass is 452 g/mol. The topological polar surface area (TPSA) is 39.7 Å². The highest BCUT2D eigenvalue weighted by Gasteiger charge is 2.31. The van der Waals surface area contributed by atoms with Gasteiger partial charge in [-0.2, -0.15) is 0 Å². The smallest absolute Gasteiger partial charge is 0.191 e. The lowest BCUT2D eigenvalue weighted by Gasteiger charge is -2.22. The van der Waals surface area contributed by atoms with Gasteiger partial charge in [-0.25, -0.2) is 8.78 Å². The highest BCUT2D eigenvalue weighted by molar-refractivity contribution is 14.0. The van der Waals surface area contributed by atoms with Gasteiger partial charge in [0.25, 0.3) is 0 Å². The second kappa shape index (κ2) is 9.50. The first-order valence-corrected chi connectivity index (χ1v) is 8.06. The van der Waals surface area contributed by atoms with E-state index in [0.29, 0.717) is 24.0 Å². The van der Waals surface area contributed by atoms with E-state index in [0.717, 1.165) is 25.2 Å². The largest absolute Gasteiger partial charge is 0.352 e. The van der Waals surface area contributed by atoms with Crippen LogP contribution in [0.15, 0.2) is 23.2 Å². The molecule has 1 saturated heterocycles. The Balaban J connectivity index is 0.00000288. The lowest BCUT2D eigenvalue weighted by atomic mass is 10.1. The summed E-state index contributed by atoms with van der Waals surface area (Å²) in [5.74, 6) is 0.246. The van der Waals surface area contributed by atoms with Crippen LogP contribution in [-0.4, -0.2) is 43.1 Å². The van der Waals surface area contributed by atoms with Gasteiger partial charge < -0.3 is 10.6 Å². The van der Waals surface area contributed by atoms with Crippen LogP contribution < -0.4 is 10.6 Å². The van der Waals surface area contributed by atoms with Crippen molar-refractivity contribution in [2.75, 3.05) is 20.1 Å². The van der Waals surface area contributed by atoms with Gasteiger partial charge in [0.1, 0.15) is 11.6 Å². The van der Waals surface area contributed by atoms with Crippen LogP contribution in [0, 0.1) is 17.6 Å². The number of likely N-dealkylation sites (tertiary alicyclic amines) is 1. The Labute approximate surface area is 160 Å². The molecule has 0 aliphatic carbocycles. The van der Waals surface area contributed by atoms with Crippen LogP contribution in [0.25, 0.3) is 0 Å². The van der Waals surface area contributed by atoms with Gasteiger partial charge in [0.05, 0.1) is 0 Å². The van der Waals surface area contributed by atoms with Crippen LogP contribution in [0.5, 0.6) is 0 Å². The van der Waals surface area contributed by atoms with Crippen molar-refractivity contribution in [2.24, 2.45) is 10.9 Å². The third-order valence-electron chi connectivity index (χ3n) is 4.37. The molecule has 1 fully saturated rings. The molecule has 1 heterocycles. The van der Waals surface area contributed by atoms with Gasteiger partial charge in [-0.3, -0.25) is 9.89 Å². The van der Waals surface area contributed by atoms with E-state index in [1.165, 1.54) is 6.07 Å². The molecule has 0 spiro atoms. The van der Waals surface area contributed by atoms with Gasteiger partial charge >= 0.3 is 0 Å². The van der Waals surface area contributed by atoms with E-state index < -0.39 is 11.6 Å². The summed E-state index contributed by atoms with van der Waals surface area (Å²) >= 11 is 0. The highest BCUT2D eigenvalue weighted by atomic mass is 127. The minimum atomic E-state index is -0.442. The van der Waals surface area contributed by atoms with Crippen LogP contribution in [-0.2, 0) is 6.54 Å². The number of halogens is 3. The maximum atomic E-state index is 13.7. The van der Waals surface area contributed by atoms with E-state index in [-0.39, 0.29) is 36.1 Å². The summed E-state index contributed by atoms with van der Waals surface area (Å²) in [4.78, 5) is 6.60. The summed E-state index contributed by atoms with van der Waals surface area (Å²) in [6, 6.07) is 4.27. The minimum Gasteiger partial charge on any atom is -0.352 e. The molecule has 0 saturated carbocycles. The molecule has 0 aromatic heterocycles.